The highest BCUT2D eigenvalue weighted by atomic mass is 32.2. The van der Waals surface area contributed by atoms with Crippen LogP contribution < -0.4 is 0 Å². The highest BCUT2D eigenvalue weighted by Gasteiger charge is 2.33. The second kappa shape index (κ2) is 4.43. The Labute approximate surface area is 102 Å². The molecular weight excluding hydrogens is 242 g/mol. The molecule has 1 fully saturated rings. The fourth-order valence-corrected chi connectivity index (χ4v) is 3.22. The molecule has 3 nitrogen and oxygen atoms in total. The van der Waals surface area contributed by atoms with Crippen molar-refractivity contribution in [1.29, 1.82) is 0 Å². The Hall–Kier alpha value is -1.07. The zero-order valence-electron chi connectivity index (χ0n) is 9.02. The fourth-order valence-electron chi connectivity index (χ4n) is 1.43. The van der Waals surface area contributed by atoms with Crippen LogP contribution in [0.2, 0.25) is 0 Å². The molecule has 84 valence electrons. The molecule has 0 aliphatic carbocycles. The summed E-state index contributed by atoms with van der Waals surface area (Å²) in [6.45, 7) is 4.25. The van der Waals surface area contributed by atoms with Crippen LogP contribution in [-0.2, 0) is 4.79 Å². The SMILES string of the molecule is CCN1C(=O)S/C(=C\c2ccc(C)s2)C1=O. The van der Waals surface area contributed by atoms with Gasteiger partial charge in [0, 0.05) is 16.3 Å². The molecule has 16 heavy (non-hydrogen) atoms. The van der Waals surface area contributed by atoms with Crippen molar-refractivity contribution in [3.63, 3.8) is 0 Å². The van der Waals surface area contributed by atoms with Gasteiger partial charge in [0.15, 0.2) is 0 Å². The maximum atomic E-state index is 11.8. The van der Waals surface area contributed by atoms with Crippen LogP contribution in [0.25, 0.3) is 6.08 Å². The van der Waals surface area contributed by atoms with E-state index in [0.717, 1.165) is 16.6 Å². The van der Waals surface area contributed by atoms with Gasteiger partial charge in [-0.15, -0.1) is 11.3 Å². The minimum absolute atomic E-state index is 0.174. The first-order valence-corrected chi connectivity index (χ1v) is 6.57. The van der Waals surface area contributed by atoms with Crippen LogP contribution in [0.3, 0.4) is 0 Å². The van der Waals surface area contributed by atoms with E-state index in [1.54, 1.807) is 24.3 Å². The van der Waals surface area contributed by atoms with Crippen LogP contribution >= 0.6 is 23.1 Å². The van der Waals surface area contributed by atoms with Crippen molar-refractivity contribution in [2.24, 2.45) is 0 Å². The molecule has 1 saturated heterocycles. The molecular formula is C11H11NO2S2. The zero-order chi connectivity index (χ0) is 11.7. The third-order valence-corrected chi connectivity index (χ3v) is 4.08. The van der Waals surface area contributed by atoms with Crippen LogP contribution in [0.15, 0.2) is 17.0 Å². The number of carbonyl (C=O) groups is 2. The van der Waals surface area contributed by atoms with Gasteiger partial charge in [-0.1, -0.05) is 0 Å². The second-order valence-electron chi connectivity index (χ2n) is 3.37. The lowest BCUT2D eigenvalue weighted by Gasteiger charge is -2.06. The van der Waals surface area contributed by atoms with Gasteiger partial charge in [-0.05, 0) is 43.8 Å². The second-order valence-corrected chi connectivity index (χ2v) is 5.69. The predicted octanol–water partition coefficient (Wildman–Crippen LogP) is 3.11. The van der Waals surface area contributed by atoms with E-state index < -0.39 is 0 Å². The molecule has 2 amide bonds. The summed E-state index contributed by atoms with van der Waals surface area (Å²) in [7, 11) is 0. The van der Waals surface area contributed by atoms with Gasteiger partial charge in [0.2, 0.25) is 0 Å². The smallest absolute Gasteiger partial charge is 0.269 e. The molecule has 1 aromatic rings. The van der Waals surface area contributed by atoms with Crippen LogP contribution in [0.1, 0.15) is 16.7 Å². The number of amides is 2. The van der Waals surface area contributed by atoms with Crippen molar-refractivity contribution >= 4 is 40.3 Å². The van der Waals surface area contributed by atoms with Crippen molar-refractivity contribution in [3.8, 4) is 0 Å². The molecule has 0 N–H and O–H groups in total. The van der Waals surface area contributed by atoms with Gasteiger partial charge < -0.3 is 0 Å². The molecule has 0 atom stereocenters. The third-order valence-electron chi connectivity index (χ3n) is 2.22. The van der Waals surface area contributed by atoms with Crippen molar-refractivity contribution in [1.82, 2.24) is 4.90 Å². The van der Waals surface area contributed by atoms with Crippen LogP contribution in [0.5, 0.6) is 0 Å². The lowest BCUT2D eigenvalue weighted by molar-refractivity contribution is -0.122. The summed E-state index contributed by atoms with van der Waals surface area (Å²) in [5.74, 6) is -0.177. The molecule has 0 bridgehead atoms. The van der Waals surface area contributed by atoms with Crippen molar-refractivity contribution in [3.05, 3.63) is 26.8 Å². The average molecular weight is 253 g/mol. The molecule has 5 heteroatoms. The van der Waals surface area contributed by atoms with Crippen LogP contribution in [0.4, 0.5) is 4.79 Å². The number of carbonyl (C=O) groups excluding carboxylic acids is 2. The fraction of sp³-hybridized carbons (Fsp3) is 0.273. The summed E-state index contributed by atoms with van der Waals surface area (Å²) >= 11 is 2.63. The highest BCUT2D eigenvalue weighted by molar-refractivity contribution is 8.18. The molecule has 0 unspecified atom stereocenters. The Morgan fingerprint density at radius 3 is 2.62 bits per heavy atom. The summed E-state index contributed by atoms with van der Waals surface area (Å²) < 4.78 is 0. The number of imide groups is 1. The Morgan fingerprint density at radius 1 is 1.38 bits per heavy atom. The van der Waals surface area contributed by atoms with Gasteiger partial charge in [-0.3, -0.25) is 14.5 Å². The maximum absolute atomic E-state index is 11.8. The maximum Gasteiger partial charge on any atom is 0.293 e. The normalized spacial score (nSPS) is 18.9. The Bertz CT molecular complexity index is 476. The van der Waals surface area contributed by atoms with E-state index in [1.165, 1.54) is 9.78 Å². The summed E-state index contributed by atoms with van der Waals surface area (Å²) in [6, 6.07) is 3.96. The van der Waals surface area contributed by atoms with E-state index in [0.29, 0.717) is 11.4 Å². The number of rotatable bonds is 2. The molecule has 0 saturated carbocycles. The van der Waals surface area contributed by atoms with Gasteiger partial charge >= 0.3 is 0 Å². The number of thioether (sulfide) groups is 1. The first-order chi connectivity index (χ1) is 7.61. The van der Waals surface area contributed by atoms with E-state index in [1.807, 2.05) is 19.1 Å². The van der Waals surface area contributed by atoms with E-state index >= 15 is 0 Å². The van der Waals surface area contributed by atoms with Crippen LogP contribution in [-0.4, -0.2) is 22.6 Å². The Balaban J connectivity index is 2.27. The monoisotopic (exact) mass is 253 g/mol. The molecule has 0 spiro atoms. The zero-order valence-corrected chi connectivity index (χ0v) is 10.7. The minimum atomic E-state index is -0.177. The largest absolute Gasteiger partial charge is 0.293 e. The average Bonchev–Trinajstić information content (AvgIpc) is 2.74. The van der Waals surface area contributed by atoms with E-state index in [2.05, 4.69) is 0 Å². The van der Waals surface area contributed by atoms with Crippen molar-refractivity contribution in [2.75, 3.05) is 6.54 Å². The molecule has 0 aromatic carbocycles. The number of nitrogens with zero attached hydrogens (tertiary/aromatic N) is 1. The number of thiophene rings is 1. The number of aryl methyl sites for hydroxylation is 1. The van der Waals surface area contributed by atoms with Gasteiger partial charge in [0.05, 0.1) is 4.91 Å². The first kappa shape index (κ1) is 11.4. The molecule has 1 aliphatic rings. The van der Waals surface area contributed by atoms with Crippen molar-refractivity contribution < 1.29 is 9.59 Å². The lowest BCUT2D eigenvalue weighted by atomic mass is 10.3. The van der Waals surface area contributed by atoms with Crippen LogP contribution in [0, 0.1) is 6.92 Å². The van der Waals surface area contributed by atoms with E-state index in [9.17, 15) is 9.59 Å². The summed E-state index contributed by atoms with van der Waals surface area (Å²) in [5.41, 5.74) is 0. The number of likely N-dealkylation sites (N-methyl/N-ethyl adjacent to an activating group) is 1. The molecule has 0 radical (unpaired) electrons. The highest BCUT2D eigenvalue weighted by Crippen LogP contribution is 2.33. The minimum Gasteiger partial charge on any atom is -0.269 e. The van der Waals surface area contributed by atoms with Gasteiger partial charge in [-0.2, -0.15) is 0 Å². The topological polar surface area (TPSA) is 37.4 Å². The summed E-state index contributed by atoms with van der Waals surface area (Å²) in [4.78, 5) is 27.2. The number of hydrogen-bond acceptors (Lipinski definition) is 4. The molecule has 1 aromatic heterocycles. The lowest BCUT2D eigenvalue weighted by Crippen LogP contribution is -2.27. The van der Waals surface area contributed by atoms with Gasteiger partial charge in [0.1, 0.15) is 0 Å². The summed E-state index contributed by atoms with van der Waals surface area (Å²) in [5, 5.41) is -0.174. The third kappa shape index (κ3) is 2.05. The Kier molecular flexibility index (Phi) is 3.16. The van der Waals surface area contributed by atoms with Gasteiger partial charge in [0.25, 0.3) is 11.1 Å². The predicted molar refractivity (Wildman–Crippen MR) is 67.4 cm³/mol. The molecule has 2 heterocycles. The van der Waals surface area contributed by atoms with Crippen molar-refractivity contribution in [2.45, 2.75) is 13.8 Å². The quantitative estimate of drug-likeness (QED) is 0.760. The van der Waals surface area contributed by atoms with Gasteiger partial charge in [-0.25, -0.2) is 0 Å². The van der Waals surface area contributed by atoms with E-state index in [-0.39, 0.29) is 11.1 Å². The standard InChI is InChI=1S/C11H11NO2S2/c1-3-12-10(13)9(16-11(12)14)6-8-5-4-7(2)15-8/h4-6H,3H2,1-2H3/b9-6-. The van der Waals surface area contributed by atoms with E-state index in [4.69, 9.17) is 0 Å². The Morgan fingerprint density at radius 2 is 2.12 bits per heavy atom. The molecule has 2 rings (SSSR count). The summed E-state index contributed by atoms with van der Waals surface area (Å²) in [6.07, 6.45) is 1.79. The number of hydrogen-bond donors (Lipinski definition) is 0. The molecule has 1 aliphatic heterocycles. The first-order valence-electron chi connectivity index (χ1n) is 4.93.